The first-order valence-electron chi connectivity index (χ1n) is 5.95. The molecule has 19 heavy (non-hydrogen) atoms. The molecule has 1 amide bonds. The van der Waals surface area contributed by atoms with Crippen LogP contribution >= 0.6 is 15.9 Å². The molecular weight excluding hydrogens is 312 g/mol. The number of aromatic nitrogens is 1. The van der Waals surface area contributed by atoms with Gasteiger partial charge in [-0.2, -0.15) is 0 Å². The first-order valence-corrected chi connectivity index (χ1v) is 6.74. The van der Waals surface area contributed by atoms with Gasteiger partial charge in [-0.1, -0.05) is 13.3 Å². The molecule has 1 aromatic heterocycles. The van der Waals surface area contributed by atoms with Gasteiger partial charge in [0.05, 0.1) is 12.7 Å². The van der Waals surface area contributed by atoms with Gasteiger partial charge in [0.1, 0.15) is 10.1 Å². The summed E-state index contributed by atoms with van der Waals surface area (Å²) >= 11 is 3.20. The number of amides is 1. The van der Waals surface area contributed by atoms with Gasteiger partial charge in [0.25, 0.3) is 5.91 Å². The van der Waals surface area contributed by atoms with Crippen molar-refractivity contribution in [2.75, 3.05) is 7.11 Å². The van der Waals surface area contributed by atoms with Crippen molar-refractivity contribution in [2.45, 2.75) is 32.2 Å². The number of carbonyl (C=O) groups excluding carboxylic acids is 2. The third-order valence-electron chi connectivity index (χ3n) is 2.76. The van der Waals surface area contributed by atoms with Gasteiger partial charge in [0, 0.05) is 6.20 Å². The van der Waals surface area contributed by atoms with Gasteiger partial charge < -0.3 is 10.1 Å². The van der Waals surface area contributed by atoms with Crippen molar-refractivity contribution in [3.05, 3.63) is 28.5 Å². The molecule has 1 atom stereocenters. The number of halogens is 1. The third-order valence-corrected chi connectivity index (χ3v) is 3.23. The lowest BCUT2D eigenvalue weighted by Gasteiger charge is -2.27. The quantitative estimate of drug-likeness (QED) is 0.665. The summed E-state index contributed by atoms with van der Waals surface area (Å²) in [4.78, 5) is 27.9. The van der Waals surface area contributed by atoms with E-state index in [1.54, 1.807) is 19.1 Å². The molecule has 1 heterocycles. The van der Waals surface area contributed by atoms with E-state index in [-0.39, 0.29) is 5.91 Å². The van der Waals surface area contributed by atoms with Gasteiger partial charge in [-0.25, -0.2) is 9.78 Å². The lowest BCUT2D eigenvalue weighted by molar-refractivity contribution is -0.147. The number of nitrogens with one attached hydrogen (secondary N) is 1. The van der Waals surface area contributed by atoms with Crippen LogP contribution in [0.2, 0.25) is 0 Å². The summed E-state index contributed by atoms with van der Waals surface area (Å²) in [6, 6.07) is 3.31. The number of methoxy groups -OCH3 is 1. The zero-order valence-electron chi connectivity index (χ0n) is 11.2. The molecule has 0 aromatic carbocycles. The maximum atomic E-state index is 12.1. The molecule has 5 nitrogen and oxygen atoms in total. The van der Waals surface area contributed by atoms with Gasteiger partial charge in [0.15, 0.2) is 0 Å². The van der Waals surface area contributed by atoms with Crippen molar-refractivity contribution >= 4 is 27.8 Å². The van der Waals surface area contributed by atoms with E-state index in [1.165, 1.54) is 13.3 Å². The van der Waals surface area contributed by atoms with Gasteiger partial charge in [-0.15, -0.1) is 0 Å². The van der Waals surface area contributed by atoms with Crippen LogP contribution in [-0.4, -0.2) is 29.5 Å². The zero-order chi connectivity index (χ0) is 14.5. The second-order valence-electron chi connectivity index (χ2n) is 4.40. The monoisotopic (exact) mass is 328 g/mol. The van der Waals surface area contributed by atoms with Crippen molar-refractivity contribution < 1.29 is 14.3 Å². The van der Waals surface area contributed by atoms with Gasteiger partial charge in [0.2, 0.25) is 0 Å². The summed E-state index contributed by atoms with van der Waals surface area (Å²) in [5.41, 5.74) is -0.623. The Morgan fingerprint density at radius 1 is 1.47 bits per heavy atom. The molecular formula is C13H17BrN2O3. The molecule has 1 unspecified atom stereocenters. The number of carbonyl (C=O) groups is 2. The highest BCUT2D eigenvalue weighted by molar-refractivity contribution is 9.10. The molecule has 0 aliphatic rings. The van der Waals surface area contributed by atoms with E-state index in [0.717, 1.165) is 6.42 Å². The van der Waals surface area contributed by atoms with E-state index >= 15 is 0 Å². The van der Waals surface area contributed by atoms with Gasteiger partial charge >= 0.3 is 5.97 Å². The lowest BCUT2D eigenvalue weighted by Crippen LogP contribution is -2.52. The first kappa shape index (κ1) is 15.6. The Morgan fingerprint density at radius 3 is 2.63 bits per heavy atom. The molecule has 104 valence electrons. The predicted octanol–water partition coefficient (Wildman–Crippen LogP) is 2.31. The molecule has 0 spiro atoms. The summed E-state index contributed by atoms with van der Waals surface area (Å²) in [6.45, 7) is 3.60. The molecule has 6 heteroatoms. The molecule has 0 aliphatic carbocycles. The van der Waals surface area contributed by atoms with Crippen LogP contribution in [0.5, 0.6) is 0 Å². The highest BCUT2D eigenvalue weighted by Crippen LogP contribution is 2.16. The Bertz CT molecular complexity index is 461. The van der Waals surface area contributed by atoms with Crippen LogP contribution in [0, 0.1) is 0 Å². The van der Waals surface area contributed by atoms with Crippen molar-refractivity contribution in [3.8, 4) is 0 Å². The van der Waals surface area contributed by atoms with Crippen molar-refractivity contribution in [3.63, 3.8) is 0 Å². The number of nitrogens with zero attached hydrogens (tertiary/aromatic N) is 1. The van der Waals surface area contributed by atoms with Crippen LogP contribution in [0.1, 0.15) is 37.0 Å². The van der Waals surface area contributed by atoms with E-state index in [4.69, 9.17) is 4.74 Å². The normalized spacial score (nSPS) is 13.5. The van der Waals surface area contributed by atoms with E-state index in [0.29, 0.717) is 16.6 Å². The Kier molecular flexibility index (Phi) is 5.47. The van der Waals surface area contributed by atoms with Crippen LogP contribution in [-0.2, 0) is 9.53 Å². The topological polar surface area (TPSA) is 68.3 Å². The molecule has 0 saturated carbocycles. The van der Waals surface area contributed by atoms with E-state index in [1.807, 2.05) is 6.92 Å². The fourth-order valence-corrected chi connectivity index (χ4v) is 2.01. The smallest absolute Gasteiger partial charge is 0.331 e. The number of pyridine rings is 1. The maximum Gasteiger partial charge on any atom is 0.331 e. The molecule has 1 N–H and O–H groups in total. The number of rotatable bonds is 5. The van der Waals surface area contributed by atoms with Crippen LogP contribution in [0.15, 0.2) is 22.9 Å². The third kappa shape index (κ3) is 4.02. The molecule has 0 saturated heterocycles. The zero-order valence-corrected chi connectivity index (χ0v) is 12.8. The molecule has 0 bridgehead atoms. The van der Waals surface area contributed by atoms with Crippen molar-refractivity contribution in [1.29, 1.82) is 0 Å². The Balaban J connectivity index is 2.87. The van der Waals surface area contributed by atoms with Gasteiger partial charge in [-0.05, 0) is 41.4 Å². The summed E-state index contributed by atoms with van der Waals surface area (Å²) in [5, 5.41) is 2.71. The first-order chi connectivity index (χ1) is 8.92. The molecule has 0 aliphatic heterocycles. The fourth-order valence-electron chi connectivity index (χ4n) is 1.77. The molecule has 0 fully saturated rings. The standard InChI is InChI=1S/C13H17BrN2O3/c1-4-7-13(2,12(18)19-3)16-11(17)9-5-6-10(14)15-8-9/h5-6,8H,4,7H2,1-3H3,(H,16,17). The number of hydrogen-bond donors (Lipinski definition) is 1. The Morgan fingerprint density at radius 2 is 2.16 bits per heavy atom. The highest BCUT2D eigenvalue weighted by Gasteiger charge is 2.35. The highest BCUT2D eigenvalue weighted by atomic mass is 79.9. The second-order valence-corrected chi connectivity index (χ2v) is 5.21. The molecule has 1 rings (SSSR count). The van der Waals surface area contributed by atoms with E-state index in [2.05, 4.69) is 26.2 Å². The summed E-state index contributed by atoms with van der Waals surface area (Å²) in [6.07, 6.45) is 2.71. The average Bonchev–Trinajstić information content (AvgIpc) is 2.38. The summed E-state index contributed by atoms with van der Waals surface area (Å²) in [7, 11) is 1.31. The SMILES string of the molecule is CCCC(C)(NC(=O)c1ccc(Br)nc1)C(=O)OC. The molecule has 1 aromatic rings. The largest absolute Gasteiger partial charge is 0.467 e. The number of hydrogen-bond acceptors (Lipinski definition) is 4. The predicted molar refractivity (Wildman–Crippen MR) is 74.7 cm³/mol. The minimum absolute atomic E-state index is 0.346. The summed E-state index contributed by atoms with van der Waals surface area (Å²) < 4.78 is 5.39. The van der Waals surface area contributed by atoms with E-state index in [9.17, 15) is 9.59 Å². The van der Waals surface area contributed by atoms with Crippen LogP contribution in [0.3, 0.4) is 0 Å². The van der Waals surface area contributed by atoms with Crippen molar-refractivity contribution in [1.82, 2.24) is 10.3 Å². The number of ether oxygens (including phenoxy) is 1. The van der Waals surface area contributed by atoms with Crippen LogP contribution in [0.25, 0.3) is 0 Å². The second kappa shape index (κ2) is 6.65. The Labute approximate surface area is 120 Å². The lowest BCUT2D eigenvalue weighted by atomic mass is 9.95. The number of esters is 1. The van der Waals surface area contributed by atoms with Crippen molar-refractivity contribution in [2.24, 2.45) is 0 Å². The minimum Gasteiger partial charge on any atom is -0.467 e. The molecule has 0 radical (unpaired) electrons. The van der Waals surface area contributed by atoms with Gasteiger partial charge in [-0.3, -0.25) is 4.79 Å². The Hall–Kier alpha value is -1.43. The fraction of sp³-hybridized carbons (Fsp3) is 0.462. The minimum atomic E-state index is -1.02. The van der Waals surface area contributed by atoms with Crippen LogP contribution < -0.4 is 5.32 Å². The average molecular weight is 329 g/mol. The van der Waals surface area contributed by atoms with E-state index < -0.39 is 11.5 Å². The summed E-state index contributed by atoms with van der Waals surface area (Å²) in [5.74, 6) is -0.797. The maximum absolute atomic E-state index is 12.1. The van der Waals surface area contributed by atoms with Crippen LogP contribution in [0.4, 0.5) is 0 Å².